The maximum absolute atomic E-state index is 12.9. The molecule has 130 valence electrons. The Morgan fingerprint density at radius 1 is 1.16 bits per heavy atom. The molecule has 6 nitrogen and oxygen atoms in total. The van der Waals surface area contributed by atoms with E-state index >= 15 is 0 Å². The molecule has 1 N–H and O–H groups in total. The van der Waals surface area contributed by atoms with Crippen LogP contribution in [-0.4, -0.2) is 15.0 Å². The number of benzene rings is 1. The predicted molar refractivity (Wildman–Crippen MR) is 94.3 cm³/mol. The highest BCUT2D eigenvalue weighted by Crippen LogP contribution is 2.15. The Morgan fingerprint density at radius 2 is 1.88 bits per heavy atom. The maximum Gasteiger partial charge on any atom is 0.331 e. The van der Waals surface area contributed by atoms with Crippen LogP contribution in [0.3, 0.4) is 0 Å². The molecule has 1 aromatic carbocycles. The average molecular weight is 361 g/mol. The lowest BCUT2D eigenvalue weighted by Gasteiger charge is -2.11. The molecule has 3 rings (SSSR count). The van der Waals surface area contributed by atoms with E-state index in [0.717, 1.165) is 10.1 Å². The van der Waals surface area contributed by atoms with Crippen LogP contribution in [0.1, 0.15) is 12.5 Å². The van der Waals surface area contributed by atoms with Crippen LogP contribution in [0.15, 0.2) is 45.3 Å². The van der Waals surface area contributed by atoms with Gasteiger partial charge in [-0.2, -0.15) is 0 Å². The van der Waals surface area contributed by atoms with Crippen molar-refractivity contribution >= 4 is 27.5 Å². The lowest BCUT2D eigenvalue weighted by Crippen LogP contribution is -2.41. The van der Waals surface area contributed by atoms with Crippen molar-refractivity contribution in [2.24, 2.45) is 0 Å². The fraction of sp³-hybridized carbons (Fsp3) is 0.235. The molecule has 0 bridgehead atoms. The van der Waals surface area contributed by atoms with E-state index < -0.39 is 5.69 Å². The van der Waals surface area contributed by atoms with Gasteiger partial charge < -0.3 is 5.32 Å². The Hall–Kier alpha value is -2.74. The molecule has 8 heteroatoms. The fourth-order valence-corrected chi connectivity index (χ4v) is 3.41. The van der Waals surface area contributed by atoms with Crippen LogP contribution in [0.2, 0.25) is 0 Å². The summed E-state index contributed by atoms with van der Waals surface area (Å²) in [7, 11) is 0. The van der Waals surface area contributed by atoms with Crippen LogP contribution in [0.5, 0.6) is 0 Å². The molecule has 0 unspecified atom stereocenters. The minimum atomic E-state index is -0.504. The summed E-state index contributed by atoms with van der Waals surface area (Å²) in [4.78, 5) is 37.0. The van der Waals surface area contributed by atoms with Crippen molar-refractivity contribution in [2.75, 3.05) is 0 Å². The molecule has 2 heterocycles. The summed E-state index contributed by atoms with van der Waals surface area (Å²) in [5, 5.41) is 4.42. The van der Waals surface area contributed by atoms with Gasteiger partial charge in [-0.15, -0.1) is 11.3 Å². The third kappa shape index (κ3) is 3.39. The summed E-state index contributed by atoms with van der Waals surface area (Å²) in [6.45, 7) is 1.99. The topological polar surface area (TPSA) is 73.1 Å². The second-order valence-corrected chi connectivity index (χ2v) is 6.37. The normalized spacial score (nSPS) is 11.0. The van der Waals surface area contributed by atoms with E-state index in [1.807, 2.05) is 0 Å². The summed E-state index contributed by atoms with van der Waals surface area (Å²) >= 11 is 1.24. The minimum absolute atomic E-state index is 0.187. The number of fused-ring (bicyclic) bond motifs is 1. The van der Waals surface area contributed by atoms with E-state index in [1.54, 1.807) is 30.5 Å². The zero-order chi connectivity index (χ0) is 18.0. The smallest absolute Gasteiger partial charge is 0.331 e. The van der Waals surface area contributed by atoms with Crippen molar-refractivity contribution in [1.82, 2.24) is 14.5 Å². The number of hydrogen-bond donors (Lipinski definition) is 1. The van der Waals surface area contributed by atoms with E-state index in [-0.39, 0.29) is 36.9 Å². The Balaban J connectivity index is 1.84. The standard InChI is InChI=1S/C17H16FN3O3S/c1-2-20-16(23)15-13(7-8-25-15)21(17(20)24)10-14(22)19-9-11-3-5-12(18)6-4-11/h3-8H,2,9-10H2,1H3,(H,19,22). The maximum atomic E-state index is 12.9. The number of thiophene rings is 1. The largest absolute Gasteiger partial charge is 0.350 e. The summed E-state index contributed by atoms with van der Waals surface area (Å²) in [6.07, 6.45) is 0. The number of hydrogen-bond acceptors (Lipinski definition) is 4. The Bertz CT molecular complexity index is 1030. The van der Waals surface area contributed by atoms with Crippen LogP contribution < -0.4 is 16.6 Å². The second kappa shape index (κ2) is 7.02. The molecule has 0 radical (unpaired) electrons. The van der Waals surface area contributed by atoms with Crippen LogP contribution in [-0.2, 0) is 24.4 Å². The fourth-order valence-electron chi connectivity index (χ4n) is 2.57. The highest BCUT2D eigenvalue weighted by atomic mass is 32.1. The molecule has 0 spiro atoms. The molecule has 25 heavy (non-hydrogen) atoms. The van der Waals surface area contributed by atoms with Gasteiger partial charge in [0.2, 0.25) is 5.91 Å². The van der Waals surface area contributed by atoms with Gasteiger partial charge in [-0.3, -0.25) is 18.7 Å². The summed E-state index contributed by atoms with van der Waals surface area (Å²) in [5.74, 6) is -0.705. The summed E-state index contributed by atoms with van der Waals surface area (Å²) in [5.41, 5.74) is 0.374. The number of nitrogens with zero attached hydrogens (tertiary/aromatic N) is 2. The zero-order valence-corrected chi connectivity index (χ0v) is 14.3. The van der Waals surface area contributed by atoms with E-state index in [0.29, 0.717) is 10.2 Å². The number of aromatic nitrogens is 2. The van der Waals surface area contributed by atoms with Crippen LogP contribution in [0.25, 0.3) is 10.2 Å². The SMILES string of the molecule is CCn1c(=O)c2sccc2n(CC(=O)NCc2ccc(F)cc2)c1=O. The molecule has 0 aliphatic carbocycles. The van der Waals surface area contributed by atoms with E-state index in [9.17, 15) is 18.8 Å². The number of carbonyl (C=O) groups is 1. The quantitative estimate of drug-likeness (QED) is 0.752. The van der Waals surface area contributed by atoms with Gasteiger partial charge >= 0.3 is 5.69 Å². The van der Waals surface area contributed by atoms with Gasteiger partial charge in [0.15, 0.2) is 0 Å². The third-order valence-electron chi connectivity index (χ3n) is 3.86. The third-order valence-corrected chi connectivity index (χ3v) is 4.75. The van der Waals surface area contributed by atoms with Crippen molar-refractivity contribution < 1.29 is 9.18 Å². The first-order valence-electron chi connectivity index (χ1n) is 7.73. The van der Waals surface area contributed by atoms with Crippen molar-refractivity contribution in [1.29, 1.82) is 0 Å². The van der Waals surface area contributed by atoms with Gasteiger partial charge in [-0.25, -0.2) is 9.18 Å². The lowest BCUT2D eigenvalue weighted by atomic mass is 10.2. The summed E-state index contributed by atoms with van der Waals surface area (Å²) in [6, 6.07) is 7.46. The molecule has 1 amide bonds. The Labute approximate surface area is 146 Å². The predicted octanol–water partition coefficient (Wildman–Crippen LogP) is 1.70. The minimum Gasteiger partial charge on any atom is -0.350 e. The van der Waals surface area contributed by atoms with Crippen molar-refractivity contribution in [3.63, 3.8) is 0 Å². The molecule has 0 atom stereocenters. The molecule has 0 fully saturated rings. The van der Waals surface area contributed by atoms with Crippen LogP contribution >= 0.6 is 11.3 Å². The van der Waals surface area contributed by atoms with E-state index in [2.05, 4.69) is 5.32 Å². The van der Waals surface area contributed by atoms with Crippen molar-refractivity contribution in [3.05, 3.63) is 67.9 Å². The van der Waals surface area contributed by atoms with Gasteiger partial charge in [0.05, 0.1) is 5.52 Å². The van der Waals surface area contributed by atoms with Gasteiger partial charge in [-0.05, 0) is 36.1 Å². The van der Waals surface area contributed by atoms with Gasteiger partial charge in [0.25, 0.3) is 5.56 Å². The monoisotopic (exact) mass is 361 g/mol. The van der Waals surface area contributed by atoms with Crippen LogP contribution in [0, 0.1) is 5.82 Å². The van der Waals surface area contributed by atoms with E-state index in [4.69, 9.17) is 0 Å². The molecular weight excluding hydrogens is 345 g/mol. The molecule has 0 aliphatic rings. The average Bonchev–Trinajstić information content (AvgIpc) is 3.08. The highest BCUT2D eigenvalue weighted by Gasteiger charge is 2.15. The van der Waals surface area contributed by atoms with Gasteiger partial charge in [0, 0.05) is 13.1 Å². The second-order valence-electron chi connectivity index (χ2n) is 5.46. The first-order chi connectivity index (χ1) is 12.0. The molecule has 0 saturated carbocycles. The molecular formula is C17H16FN3O3S. The number of nitrogens with one attached hydrogen (secondary N) is 1. The highest BCUT2D eigenvalue weighted by molar-refractivity contribution is 7.17. The van der Waals surface area contributed by atoms with Crippen molar-refractivity contribution in [2.45, 2.75) is 26.6 Å². The zero-order valence-electron chi connectivity index (χ0n) is 13.5. The first-order valence-corrected chi connectivity index (χ1v) is 8.61. The van der Waals surface area contributed by atoms with Crippen LogP contribution in [0.4, 0.5) is 4.39 Å². The van der Waals surface area contributed by atoms with Crippen molar-refractivity contribution in [3.8, 4) is 0 Å². The number of rotatable bonds is 5. The Morgan fingerprint density at radius 3 is 2.56 bits per heavy atom. The number of halogens is 1. The Kier molecular flexibility index (Phi) is 4.80. The van der Waals surface area contributed by atoms with Gasteiger partial charge in [0.1, 0.15) is 17.1 Å². The number of carbonyl (C=O) groups excluding carboxylic acids is 1. The lowest BCUT2D eigenvalue weighted by molar-refractivity contribution is -0.121. The molecule has 0 saturated heterocycles. The number of amides is 1. The molecule has 0 aliphatic heterocycles. The summed E-state index contributed by atoms with van der Waals surface area (Å²) < 4.78 is 15.8. The molecule has 3 aromatic rings. The van der Waals surface area contributed by atoms with Gasteiger partial charge in [-0.1, -0.05) is 12.1 Å². The van der Waals surface area contributed by atoms with E-state index in [1.165, 1.54) is 28.0 Å². The molecule has 2 aromatic heterocycles. The first kappa shape index (κ1) is 17.1.